The van der Waals surface area contributed by atoms with Crippen LogP contribution in [-0.2, 0) is 9.84 Å². The number of aromatic nitrogens is 3. The summed E-state index contributed by atoms with van der Waals surface area (Å²) >= 11 is 1.22. The quantitative estimate of drug-likeness (QED) is 0.509. The molecule has 0 aliphatic rings. The smallest absolute Gasteiger partial charge is 0.305 e. The van der Waals surface area contributed by atoms with Gasteiger partial charge in [0.05, 0.1) is 27.5 Å². The molecule has 0 fully saturated rings. The molecule has 0 radical (unpaired) electrons. The average molecular weight is 402 g/mol. The lowest BCUT2D eigenvalue weighted by molar-refractivity contribution is 0.255. The molecule has 0 spiro atoms. The van der Waals surface area contributed by atoms with Crippen LogP contribution in [0.5, 0.6) is 0 Å². The van der Waals surface area contributed by atoms with Crippen molar-refractivity contribution in [1.29, 1.82) is 5.26 Å². The highest BCUT2D eigenvalue weighted by atomic mass is 32.2. The third kappa shape index (κ3) is 3.97. The minimum absolute atomic E-state index is 0.179. The van der Waals surface area contributed by atoms with Gasteiger partial charge in [0, 0.05) is 18.6 Å². The van der Waals surface area contributed by atoms with Crippen molar-refractivity contribution in [2.24, 2.45) is 0 Å². The van der Waals surface area contributed by atoms with Gasteiger partial charge in [-0.15, -0.1) is 0 Å². The second-order valence-electron chi connectivity index (χ2n) is 5.55. The second kappa shape index (κ2) is 7.18. The van der Waals surface area contributed by atoms with Crippen molar-refractivity contribution >= 4 is 32.3 Å². The molecule has 0 unspecified atom stereocenters. The average Bonchev–Trinajstić information content (AvgIpc) is 3.23. The first-order chi connectivity index (χ1) is 12.8. The Morgan fingerprint density at radius 2 is 2.15 bits per heavy atom. The van der Waals surface area contributed by atoms with E-state index in [2.05, 4.69) is 15.3 Å². The number of aryl methyl sites for hydroxylation is 1. The molecule has 2 heterocycles. The molecule has 27 heavy (non-hydrogen) atoms. The third-order valence-electron chi connectivity index (χ3n) is 3.59. The van der Waals surface area contributed by atoms with E-state index >= 15 is 0 Å². The van der Waals surface area contributed by atoms with Gasteiger partial charge in [0.2, 0.25) is 0 Å². The zero-order valence-corrected chi connectivity index (χ0v) is 15.9. The number of carbonyl (C=O) groups is 1. The summed E-state index contributed by atoms with van der Waals surface area (Å²) < 4.78 is 25.9. The lowest BCUT2D eigenvalue weighted by atomic mass is 10.1. The zero-order chi connectivity index (χ0) is 19.6. The molecule has 0 aliphatic heterocycles. The van der Waals surface area contributed by atoms with Gasteiger partial charge in [-0.1, -0.05) is 17.4 Å². The summed E-state index contributed by atoms with van der Waals surface area (Å²) in [6, 6.07) is 4.28. The van der Waals surface area contributed by atoms with Crippen molar-refractivity contribution in [3.63, 3.8) is 0 Å². The summed E-state index contributed by atoms with van der Waals surface area (Å²) in [5, 5.41) is 13.2. The van der Waals surface area contributed by atoms with Crippen LogP contribution in [0.1, 0.15) is 5.69 Å². The van der Waals surface area contributed by atoms with Gasteiger partial charge in [0.1, 0.15) is 0 Å². The Morgan fingerprint density at radius 3 is 2.78 bits per heavy atom. The highest BCUT2D eigenvalue weighted by molar-refractivity contribution is 7.90. The number of nitriles is 1. The Labute approximate surface area is 159 Å². The van der Waals surface area contributed by atoms with Gasteiger partial charge in [-0.2, -0.15) is 5.26 Å². The van der Waals surface area contributed by atoms with Crippen molar-refractivity contribution < 1.29 is 13.2 Å². The second-order valence-corrected chi connectivity index (χ2v) is 8.53. The predicted octanol–water partition coefficient (Wildman–Crippen LogP) is 2.31. The molecule has 2 N–H and O–H groups in total. The molecule has 0 saturated carbocycles. The number of sulfone groups is 1. The number of amides is 2. The van der Waals surface area contributed by atoms with Crippen LogP contribution < -0.4 is 10.6 Å². The van der Waals surface area contributed by atoms with Gasteiger partial charge in [-0.05, 0) is 24.6 Å². The first-order valence-electron chi connectivity index (χ1n) is 7.56. The Kier molecular flexibility index (Phi) is 4.93. The van der Waals surface area contributed by atoms with Crippen LogP contribution >= 0.6 is 11.3 Å². The van der Waals surface area contributed by atoms with E-state index in [4.69, 9.17) is 5.26 Å². The standard InChI is InChI=1S/C16H14N6O3S2/c1-10-14(26-16(20-10)21-15(23)19-8-17)11-3-4-13(27(2,24)25)12(7-11)22-6-5-18-9-22/h3-7,9H,1-2H3,(H2,19,20,21,23). The highest BCUT2D eigenvalue weighted by Gasteiger charge is 2.18. The van der Waals surface area contributed by atoms with Crippen molar-refractivity contribution in [2.75, 3.05) is 11.6 Å². The molecule has 3 aromatic rings. The van der Waals surface area contributed by atoms with Gasteiger partial charge in [-0.3, -0.25) is 5.32 Å². The van der Waals surface area contributed by atoms with E-state index in [1.54, 1.807) is 36.0 Å². The number of anilines is 1. The van der Waals surface area contributed by atoms with Crippen LogP contribution in [0.2, 0.25) is 0 Å². The third-order valence-corrected chi connectivity index (χ3v) is 5.86. The van der Waals surface area contributed by atoms with Gasteiger partial charge in [0.15, 0.2) is 21.2 Å². The molecule has 1 aromatic carbocycles. The molecule has 9 nitrogen and oxygen atoms in total. The largest absolute Gasteiger partial charge is 0.334 e. The van der Waals surface area contributed by atoms with Crippen LogP contribution in [0.4, 0.5) is 9.93 Å². The Morgan fingerprint density at radius 1 is 1.37 bits per heavy atom. The molecule has 2 amide bonds. The van der Waals surface area contributed by atoms with E-state index in [-0.39, 0.29) is 4.90 Å². The van der Waals surface area contributed by atoms with Crippen molar-refractivity contribution in [1.82, 2.24) is 19.9 Å². The molecule has 0 atom stereocenters. The Bertz CT molecular complexity index is 1140. The molecule has 0 bridgehead atoms. The van der Waals surface area contributed by atoms with E-state index in [9.17, 15) is 13.2 Å². The lowest BCUT2D eigenvalue weighted by Gasteiger charge is -2.11. The molecule has 2 aromatic heterocycles. The SMILES string of the molecule is Cc1nc(NC(=O)NC#N)sc1-c1ccc(S(C)(=O)=O)c(-n2ccnc2)c1. The summed E-state index contributed by atoms with van der Waals surface area (Å²) in [7, 11) is -3.44. The molecule has 0 aliphatic carbocycles. The predicted molar refractivity (Wildman–Crippen MR) is 100 cm³/mol. The van der Waals surface area contributed by atoms with Crippen LogP contribution in [0.25, 0.3) is 16.1 Å². The van der Waals surface area contributed by atoms with Crippen molar-refractivity contribution in [2.45, 2.75) is 11.8 Å². The highest BCUT2D eigenvalue weighted by Crippen LogP contribution is 2.35. The van der Waals surface area contributed by atoms with Crippen molar-refractivity contribution in [3.8, 4) is 22.3 Å². The molecular formula is C16H14N6O3S2. The number of thiazole rings is 1. The van der Waals surface area contributed by atoms with Crippen LogP contribution in [0.15, 0.2) is 41.8 Å². The minimum atomic E-state index is -3.44. The number of benzene rings is 1. The monoisotopic (exact) mass is 402 g/mol. The number of nitrogens with zero attached hydrogens (tertiary/aromatic N) is 4. The lowest BCUT2D eigenvalue weighted by Crippen LogP contribution is -2.23. The number of imidazole rings is 1. The van der Waals surface area contributed by atoms with Gasteiger partial charge < -0.3 is 4.57 Å². The normalized spacial score (nSPS) is 11.0. The summed E-state index contributed by atoms with van der Waals surface area (Å²) in [5.74, 6) is 0. The van der Waals surface area contributed by atoms with E-state index in [1.807, 2.05) is 5.32 Å². The van der Waals surface area contributed by atoms with Crippen LogP contribution in [-0.4, -0.2) is 35.2 Å². The fourth-order valence-corrected chi connectivity index (χ4v) is 4.29. The van der Waals surface area contributed by atoms with Crippen LogP contribution in [0, 0.1) is 18.4 Å². The first kappa shape index (κ1) is 18.6. The first-order valence-corrected chi connectivity index (χ1v) is 10.3. The maximum atomic E-state index is 12.1. The fraction of sp³-hybridized carbons (Fsp3) is 0.125. The van der Waals surface area contributed by atoms with Gasteiger partial charge in [0.25, 0.3) is 0 Å². The minimum Gasteiger partial charge on any atom is -0.305 e. The number of rotatable bonds is 4. The molecular weight excluding hydrogens is 388 g/mol. The van der Waals surface area contributed by atoms with Gasteiger partial charge in [-0.25, -0.2) is 28.5 Å². The summed E-state index contributed by atoms with van der Waals surface area (Å²) in [5.41, 5.74) is 1.88. The number of hydrogen-bond donors (Lipinski definition) is 2. The maximum Gasteiger partial charge on any atom is 0.334 e. The van der Waals surface area contributed by atoms with E-state index in [0.717, 1.165) is 16.7 Å². The van der Waals surface area contributed by atoms with E-state index in [1.165, 1.54) is 29.9 Å². The van der Waals surface area contributed by atoms with Gasteiger partial charge >= 0.3 is 6.03 Å². The Balaban J connectivity index is 2.06. The zero-order valence-electron chi connectivity index (χ0n) is 14.3. The molecule has 11 heteroatoms. The number of carbonyl (C=O) groups excluding carboxylic acids is 1. The fourth-order valence-electron chi connectivity index (χ4n) is 2.47. The summed E-state index contributed by atoms with van der Waals surface area (Å²) in [6.07, 6.45) is 7.42. The summed E-state index contributed by atoms with van der Waals surface area (Å²) in [6.45, 7) is 1.78. The Hall–Kier alpha value is -3.23. The number of hydrogen-bond acceptors (Lipinski definition) is 7. The number of nitrogens with one attached hydrogen (secondary N) is 2. The maximum absolute atomic E-state index is 12.1. The molecule has 138 valence electrons. The van der Waals surface area contributed by atoms with Crippen molar-refractivity contribution in [3.05, 3.63) is 42.6 Å². The van der Waals surface area contributed by atoms with E-state index in [0.29, 0.717) is 16.5 Å². The summed E-state index contributed by atoms with van der Waals surface area (Å²) in [4.78, 5) is 20.7. The number of urea groups is 1. The van der Waals surface area contributed by atoms with E-state index < -0.39 is 15.9 Å². The molecule has 0 saturated heterocycles. The topological polar surface area (TPSA) is 130 Å². The van der Waals surface area contributed by atoms with Crippen LogP contribution in [0.3, 0.4) is 0 Å². The molecule has 3 rings (SSSR count).